The van der Waals surface area contributed by atoms with Crippen LogP contribution in [0.25, 0.3) is 38.9 Å². The van der Waals surface area contributed by atoms with Gasteiger partial charge in [-0.25, -0.2) is 15.0 Å². The highest BCUT2D eigenvalue weighted by Crippen LogP contribution is 2.31. The van der Waals surface area contributed by atoms with E-state index in [0.717, 1.165) is 5.56 Å². The Labute approximate surface area is 214 Å². The number of hydrogen-bond donors (Lipinski definition) is 0. The Bertz CT molecular complexity index is 1840. The standard InChI is InChI=1S/C26H16Cl3N5O/c1-14-30-24-22(26(35)33(14)13-15-6-8-16(27)9-7-15)23-25(32-21-5-3-2-4-20(21)31-23)34(24)17-10-11-18(28)19(29)12-17/h2-12H,13H2,1H3. The highest BCUT2D eigenvalue weighted by atomic mass is 35.5. The molecular formula is C26H16Cl3N5O. The molecular weight excluding hydrogens is 505 g/mol. The molecule has 6 aromatic rings. The first-order valence-electron chi connectivity index (χ1n) is 10.8. The van der Waals surface area contributed by atoms with Crippen molar-refractivity contribution >= 4 is 68.0 Å². The molecule has 6 nitrogen and oxygen atoms in total. The monoisotopic (exact) mass is 519 g/mol. The number of aromatic nitrogens is 5. The van der Waals surface area contributed by atoms with Crippen molar-refractivity contribution in [2.24, 2.45) is 0 Å². The smallest absolute Gasteiger partial charge is 0.265 e. The van der Waals surface area contributed by atoms with Crippen LogP contribution in [0.1, 0.15) is 11.4 Å². The highest BCUT2D eigenvalue weighted by molar-refractivity contribution is 6.42. The normalized spacial score (nSPS) is 11.7. The summed E-state index contributed by atoms with van der Waals surface area (Å²) in [5.41, 5.74) is 4.29. The number of para-hydroxylation sites is 2. The van der Waals surface area contributed by atoms with Gasteiger partial charge in [0.15, 0.2) is 11.3 Å². The Morgan fingerprint density at radius 2 is 1.51 bits per heavy atom. The summed E-state index contributed by atoms with van der Waals surface area (Å²) >= 11 is 18.5. The average molecular weight is 521 g/mol. The van der Waals surface area contributed by atoms with Crippen molar-refractivity contribution < 1.29 is 0 Å². The third-order valence-corrected chi connectivity index (χ3v) is 6.96. The van der Waals surface area contributed by atoms with Crippen LogP contribution in [0.15, 0.2) is 71.5 Å². The summed E-state index contributed by atoms with van der Waals surface area (Å²) in [5.74, 6) is 0.561. The van der Waals surface area contributed by atoms with Crippen molar-refractivity contribution in [3.05, 3.63) is 104 Å². The zero-order valence-electron chi connectivity index (χ0n) is 18.3. The van der Waals surface area contributed by atoms with E-state index in [0.29, 0.717) is 66.4 Å². The molecule has 0 radical (unpaired) electrons. The zero-order valence-corrected chi connectivity index (χ0v) is 20.6. The van der Waals surface area contributed by atoms with E-state index in [1.165, 1.54) is 0 Å². The summed E-state index contributed by atoms with van der Waals surface area (Å²) in [6.07, 6.45) is 0. The lowest BCUT2D eigenvalue weighted by Gasteiger charge is -2.11. The average Bonchev–Trinajstić information content (AvgIpc) is 3.16. The maximum atomic E-state index is 13.9. The van der Waals surface area contributed by atoms with Crippen molar-refractivity contribution in [1.82, 2.24) is 24.1 Å². The summed E-state index contributed by atoms with van der Waals surface area (Å²) in [5, 5.41) is 1.85. The first-order valence-corrected chi connectivity index (χ1v) is 11.9. The molecule has 0 aliphatic heterocycles. The minimum atomic E-state index is -0.198. The Hall–Kier alpha value is -3.45. The van der Waals surface area contributed by atoms with Crippen molar-refractivity contribution in [3.63, 3.8) is 0 Å². The van der Waals surface area contributed by atoms with Crippen LogP contribution in [-0.2, 0) is 6.54 Å². The van der Waals surface area contributed by atoms with Crippen LogP contribution >= 0.6 is 34.8 Å². The number of hydrogen-bond acceptors (Lipinski definition) is 4. The van der Waals surface area contributed by atoms with Gasteiger partial charge in [0.05, 0.1) is 33.3 Å². The van der Waals surface area contributed by atoms with E-state index in [1.807, 2.05) is 54.0 Å². The minimum Gasteiger partial charge on any atom is -0.292 e. The van der Waals surface area contributed by atoms with Crippen LogP contribution in [0.3, 0.4) is 0 Å². The molecule has 0 spiro atoms. The van der Waals surface area contributed by atoms with Gasteiger partial charge in [-0.2, -0.15) is 0 Å². The molecule has 3 aromatic heterocycles. The molecule has 0 aliphatic carbocycles. The van der Waals surface area contributed by atoms with Crippen LogP contribution in [0.2, 0.25) is 15.1 Å². The van der Waals surface area contributed by atoms with E-state index in [-0.39, 0.29) is 5.56 Å². The predicted molar refractivity (Wildman–Crippen MR) is 141 cm³/mol. The third-order valence-electron chi connectivity index (χ3n) is 5.97. The summed E-state index contributed by atoms with van der Waals surface area (Å²) in [4.78, 5) is 28.4. The van der Waals surface area contributed by atoms with Crippen molar-refractivity contribution in [2.75, 3.05) is 0 Å². The zero-order chi connectivity index (χ0) is 24.3. The second-order valence-electron chi connectivity index (χ2n) is 8.19. The molecule has 9 heteroatoms. The Kier molecular flexibility index (Phi) is 5.25. The Morgan fingerprint density at radius 1 is 0.800 bits per heavy atom. The van der Waals surface area contributed by atoms with E-state index in [2.05, 4.69) is 0 Å². The lowest BCUT2D eigenvalue weighted by atomic mass is 10.2. The first kappa shape index (κ1) is 22.0. The van der Waals surface area contributed by atoms with Gasteiger partial charge in [-0.1, -0.05) is 59.1 Å². The van der Waals surface area contributed by atoms with E-state index in [4.69, 9.17) is 49.8 Å². The molecule has 0 saturated carbocycles. The van der Waals surface area contributed by atoms with Crippen molar-refractivity contribution in [1.29, 1.82) is 0 Å². The summed E-state index contributed by atoms with van der Waals surface area (Å²) in [7, 11) is 0. The number of fused-ring (bicyclic) bond motifs is 4. The topological polar surface area (TPSA) is 65.6 Å². The van der Waals surface area contributed by atoms with Gasteiger partial charge in [-0.15, -0.1) is 0 Å². The molecule has 0 unspecified atom stereocenters. The van der Waals surface area contributed by atoms with Gasteiger partial charge in [-0.05, 0) is 55.0 Å². The molecule has 172 valence electrons. The number of rotatable bonds is 3. The second-order valence-corrected chi connectivity index (χ2v) is 9.44. The maximum absolute atomic E-state index is 13.9. The molecule has 35 heavy (non-hydrogen) atoms. The number of nitrogens with zero attached hydrogens (tertiary/aromatic N) is 5. The second kappa shape index (κ2) is 8.34. The van der Waals surface area contributed by atoms with Gasteiger partial charge in [0.1, 0.15) is 16.7 Å². The fraction of sp³-hybridized carbons (Fsp3) is 0.0769. The van der Waals surface area contributed by atoms with E-state index < -0.39 is 0 Å². The van der Waals surface area contributed by atoms with Crippen molar-refractivity contribution in [2.45, 2.75) is 13.5 Å². The highest BCUT2D eigenvalue weighted by Gasteiger charge is 2.22. The van der Waals surface area contributed by atoms with Crippen LogP contribution in [-0.4, -0.2) is 24.1 Å². The molecule has 0 aliphatic rings. The van der Waals surface area contributed by atoms with Crippen LogP contribution < -0.4 is 5.56 Å². The van der Waals surface area contributed by atoms with Crippen LogP contribution in [0.5, 0.6) is 0 Å². The quantitative estimate of drug-likeness (QED) is 0.264. The van der Waals surface area contributed by atoms with Gasteiger partial charge in [0.25, 0.3) is 5.56 Å². The number of benzene rings is 3. The van der Waals surface area contributed by atoms with Gasteiger partial charge in [-0.3, -0.25) is 13.9 Å². The van der Waals surface area contributed by atoms with Gasteiger partial charge >= 0.3 is 0 Å². The molecule has 3 heterocycles. The Morgan fingerprint density at radius 3 is 2.23 bits per heavy atom. The van der Waals surface area contributed by atoms with E-state index in [1.54, 1.807) is 28.8 Å². The lowest BCUT2D eigenvalue weighted by Crippen LogP contribution is -2.24. The predicted octanol–water partition coefficient (Wildman–Crippen LogP) is 6.60. The maximum Gasteiger partial charge on any atom is 0.265 e. The molecule has 0 bridgehead atoms. The summed E-state index contributed by atoms with van der Waals surface area (Å²) in [6.45, 7) is 2.16. The SMILES string of the molecule is Cc1nc2c(c(=O)n1Cc1ccc(Cl)cc1)c1nc3ccccc3nc1n2-c1ccc(Cl)c(Cl)c1. The molecule has 0 atom stereocenters. The fourth-order valence-corrected chi connectivity index (χ4v) is 4.68. The molecule has 0 N–H and O–H groups in total. The van der Waals surface area contributed by atoms with Gasteiger partial charge < -0.3 is 0 Å². The van der Waals surface area contributed by atoms with Crippen LogP contribution in [0, 0.1) is 6.92 Å². The molecule has 0 saturated heterocycles. The first-order chi connectivity index (χ1) is 16.9. The molecule has 3 aromatic carbocycles. The molecule has 6 rings (SSSR count). The number of aryl methyl sites for hydroxylation is 1. The lowest BCUT2D eigenvalue weighted by molar-refractivity contribution is 0.711. The van der Waals surface area contributed by atoms with Crippen molar-refractivity contribution in [3.8, 4) is 5.69 Å². The van der Waals surface area contributed by atoms with E-state index in [9.17, 15) is 4.79 Å². The largest absolute Gasteiger partial charge is 0.292 e. The summed E-state index contributed by atoms with van der Waals surface area (Å²) < 4.78 is 3.45. The number of halogens is 3. The fourth-order valence-electron chi connectivity index (χ4n) is 4.26. The molecule has 0 fully saturated rings. The summed E-state index contributed by atoms with van der Waals surface area (Å²) in [6, 6.07) is 20.2. The van der Waals surface area contributed by atoms with Gasteiger partial charge in [0, 0.05) is 5.02 Å². The van der Waals surface area contributed by atoms with Gasteiger partial charge in [0.2, 0.25) is 0 Å². The Balaban J connectivity index is 1.71. The third kappa shape index (κ3) is 3.65. The van der Waals surface area contributed by atoms with Crippen LogP contribution in [0.4, 0.5) is 0 Å². The van der Waals surface area contributed by atoms with E-state index >= 15 is 0 Å². The minimum absolute atomic E-state index is 0.198. The molecule has 0 amide bonds.